The Hall–Kier alpha value is -3.34. The van der Waals surface area contributed by atoms with Crippen LogP contribution in [0.4, 0.5) is 0 Å². The molecule has 0 saturated heterocycles. The summed E-state index contributed by atoms with van der Waals surface area (Å²) in [5.74, 6) is -1.98. The van der Waals surface area contributed by atoms with Crippen molar-refractivity contribution in [3.63, 3.8) is 0 Å². The molecule has 1 N–H and O–H groups in total. The molecule has 0 bridgehead atoms. The number of aliphatic hydroxyl groups is 1. The Bertz CT molecular complexity index is 931. The van der Waals surface area contributed by atoms with Crippen LogP contribution in [0.15, 0.2) is 60.0 Å². The summed E-state index contributed by atoms with van der Waals surface area (Å²) in [5, 5.41) is 10.6. The molecule has 5 heteroatoms. The number of aliphatic hydroxyl groups excluding tert-OH is 1. The summed E-state index contributed by atoms with van der Waals surface area (Å²) < 4.78 is 10.1. The minimum absolute atomic E-state index is 0.000427. The van der Waals surface area contributed by atoms with E-state index in [-0.39, 0.29) is 22.7 Å². The van der Waals surface area contributed by atoms with Crippen molar-refractivity contribution in [1.82, 2.24) is 0 Å². The Morgan fingerprint density at radius 2 is 1.50 bits per heavy atom. The second kappa shape index (κ2) is 6.88. The first kappa shape index (κ1) is 17.5. The molecule has 0 saturated carbocycles. The monoisotopic (exact) mass is 350 g/mol. The molecular formula is C21H18O5. The number of carbonyl (C=O) groups excluding carboxylic acids is 2. The van der Waals surface area contributed by atoms with Crippen LogP contribution in [0.3, 0.4) is 0 Å². The molecular weight excluding hydrogens is 332 g/mol. The molecule has 0 spiro atoms. The lowest BCUT2D eigenvalue weighted by atomic mass is 10.00. The van der Waals surface area contributed by atoms with E-state index in [1.165, 1.54) is 7.11 Å². The number of cyclic esters (lactones) is 1. The number of carbonyl (C=O) groups is 2. The maximum Gasteiger partial charge on any atom is 0.348 e. The van der Waals surface area contributed by atoms with Crippen LogP contribution in [0.5, 0.6) is 0 Å². The topological polar surface area (TPSA) is 72.8 Å². The van der Waals surface area contributed by atoms with Crippen molar-refractivity contribution in [3.05, 3.63) is 82.3 Å². The molecule has 0 unspecified atom stereocenters. The zero-order valence-electron chi connectivity index (χ0n) is 14.7. The molecule has 0 amide bonds. The number of hydrogen-bond acceptors (Lipinski definition) is 5. The van der Waals surface area contributed by atoms with Gasteiger partial charge in [-0.15, -0.1) is 0 Å². The molecule has 0 aliphatic carbocycles. The number of methoxy groups -OCH3 is 1. The molecule has 2 aromatic rings. The second-order valence-corrected chi connectivity index (χ2v) is 6.04. The summed E-state index contributed by atoms with van der Waals surface area (Å²) in [5.41, 5.74) is 3.05. The van der Waals surface area contributed by atoms with Crippen LogP contribution in [0.2, 0.25) is 0 Å². The summed E-state index contributed by atoms with van der Waals surface area (Å²) >= 11 is 0. The highest BCUT2D eigenvalue weighted by Gasteiger charge is 2.36. The highest BCUT2D eigenvalue weighted by atomic mass is 16.6. The fourth-order valence-corrected chi connectivity index (χ4v) is 2.71. The van der Waals surface area contributed by atoms with Gasteiger partial charge in [-0.1, -0.05) is 59.7 Å². The van der Waals surface area contributed by atoms with E-state index < -0.39 is 11.9 Å². The largest absolute Gasteiger partial charge is 0.504 e. The highest BCUT2D eigenvalue weighted by molar-refractivity contribution is 6.25. The van der Waals surface area contributed by atoms with Gasteiger partial charge in [-0.2, -0.15) is 0 Å². The Balaban J connectivity index is 2.20. The first-order chi connectivity index (χ1) is 12.4. The van der Waals surface area contributed by atoms with Crippen molar-refractivity contribution < 1.29 is 24.2 Å². The Labute approximate surface area is 151 Å². The van der Waals surface area contributed by atoms with Gasteiger partial charge in [0.15, 0.2) is 11.5 Å². The van der Waals surface area contributed by atoms with Crippen molar-refractivity contribution in [1.29, 1.82) is 0 Å². The van der Waals surface area contributed by atoms with Crippen LogP contribution in [0.1, 0.15) is 22.3 Å². The Kier molecular flexibility index (Phi) is 4.63. The lowest BCUT2D eigenvalue weighted by Gasteiger charge is -2.09. The fourth-order valence-electron chi connectivity index (χ4n) is 2.71. The molecule has 2 aromatic carbocycles. The number of aryl methyl sites for hydroxylation is 2. The van der Waals surface area contributed by atoms with Gasteiger partial charge in [0, 0.05) is 0 Å². The first-order valence-electron chi connectivity index (χ1n) is 8.05. The van der Waals surface area contributed by atoms with Crippen LogP contribution in [-0.4, -0.2) is 24.2 Å². The van der Waals surface area contributed by atoms with Gasteiger partial charge in [0.2, 0.25) is 0 Å². The number of benzene rings is 2. The number of rotatable bonds is 3. The molecule has 1 heterocycles. The predicted octanol–water partition coefficient (Wildman–Crippen LogP) is 3.71. The van der Waals surface area contributed by atoms with Crippen LogP contribution < -0.4 is 0 Å². The summed E-state index contributed by atoms with van der Waals surface area (Å²) in [6, 6.07) is 14.1. The summed E-state index contributed by atoms with van der Waals surface area (Å²) in [6.07, 6.45) is 0. The van der Waals surface area contributed by atoms with Crippen molar-refractivity contribution in [2.75, 3.05) is 7.11 Å². The maximum absolute atomic E-state index is 12.4. The molecule has 26 heavy (non-hydrogen) atoms. The smallest absolute Gasteiger partial charge is 0.348 e. The van der Waals surface area contributed by atoms with E-state index in [0.717, 1.165) is 11.1 Å². The normalized spacial score (nSPS) is 15.7. The molecule has 5 nitrogen and oxygen atoms in total. The van der Waals surface area contributed by atoms with Crippen LogP contribution in [0, 0.1) is 13.8 Å². The lowest BCUT2D eigenvalue weighted by Crippen LogP contribution is -2.09. The van der Waals surface area contributed by atoms with Crippen LogP contribution >= 0.6 is 0 Å². The number of esters is 2. The third-order valence-electron chi connectivity index (χ3n) is 4.15. The molecule has 3 rings (SSSR count). The van der Waals surface area contributed by atoms with E-state index >= 15 is 0 Å². The van der Waals surface area contributed by atoms with E-state index in [1.54, 1.807) is 24.3 Å². The summed E-state index contributed by atoms with van der Waals surface area (Å²) in [7, 11) is 1.23. The fraction of sp³-hybridized carbons (Fsp3) is 0.143. The zero-order valence-corrected chi connectivity index (χ0v) is 14.7. The van der Waals surface area contributed by atoms with Gasteiger partial charge in [0.1, 0.15) is 11.1 Å². The van der Waals surface area contributed by atoms with Crippen molar-refractivity contribution in [2.24, 2.45) is 0 Å². The van der Waals surface area contributed by atoms with Crippen LogP contribution in [0.25, 0.3) is 11.1 Å². The van der Waals surface area contributed by atoms with Gasteiger partial charge in [-0.3, -0.25) is 0 Å². The standard InChI is InChI=1S/C21H18O5/c1-12-4-8-14(9-5-12)16-18(22)19(26-21(16)24)17(20(23)25-3)15-10-6-13(2)7-11-15/h4-11,22H,1-3H3/b19-17+. The lowest BCUT2D eigenvalue weighted by molar-refractivity contribution is -0.134. The Morgan fingerprint density at radius 1 is 0.962 bits per heavy atom. The highest BCUT2D eigenvalue weighted by Crippen LogP contribution is 2.36. The molecule has 0 fully saturated rings. The average Bonchev–Trinajstić information content (AvgIpc) is 2.92. The van der Waals surface area contributed by atoms with Gasteiger partial charge in [-0.05, 0) is 25.0 Å². The SMILES string of the molecule is COC(=O)/C(=C1/OC(=O)C(c2ccc(C)cc2)=C1O)c1ccc(C)cc1. The number of ether oxygens (including phenoxy) is 2. The molecule has 132 valence electrons. The van der Waals surface area contributed by atoms with Crippen molar-refractivity contribution in [3.8, 4) is 0 Å². The van der Waals surface area contributed by atoms with Crippen LogP contribution in [-0.2, 0) is 19.1 Å². The number of hydrogen-bond donors (Lipinski definition) is 1. The first-order valence-corrected chi connectivity index (χ1v) is 8.05. The van der Waals surface area contributed by atoms with Crippen molar-refractivity contribution >= 4 is 23.1 Å². The van der Waals surface area contributed by atoms with Gasteiger partial charge in [-0.25, -0.2) is 9.59 Å². The van der Waals surface area contributed by atoms with E-state index in [9.17, 15) is 14.7 Å². The maximum atomic E-state index is 12.4. The molecule has 0 radical (unpaired) electrons. The quantitative estimate of drug-likeness (QED) is 0.675. The third-order valence-corrected chi connectivity index (χ3v) is 4.15. The van der Waals surface area contributed by atoms with E-state index in [4.69, 9.17) is 9.47 Å². The molecule has 1 aliphatic heterocycles. The minimum Gasteiger partial charge on any atom is -0.504 e. The zero-order chi connectivity index (χ0) is 18.8. The van der Waals surface area contributed by atoms with Gasteiger partial charge in [0.05, 0.1) is 7.11 Å². The van der Waals surface area contributed by atoms with E-state index in [1.807, 2.05) is 38.1 Å². The van der Waals surface area contributed by atoms with E-state index in [2.05, 4.69) is 0 Å². The van der Waals surface area contributed by atoms with Gasteiger partial charge < -0.3 is 14.6 Å². The molecule has 1 aliphatic rings. The molecule has 0 aromatic heterocycles. The third kappa shape index (κ3) is 3.11. The summed E-state index contributed by atoms with van der Waals surface area (Å²) in [6.45, 7) is 3.83. The van der Waals surface area contributed by atoms with Crippen molar-refractivity contribution in [2.45, 2.75) is 13.8 Å². The predicted molar refractivity (Wildman–Crippen MR) is 96.9 cm³/mol. The minimum atomic E-state index is -0.713. The summed E-state index contributed by atoms with van der Waals surface area (Å²) in [4.78, 5) is 24.7. The molecule has 0 atom stereocenters. The van der Waals surface area contributed by atoms with Gasteiger partial charge in [0.25, 0.3) is 0 Å². The average molecular weight is 350 g/mol. The van der Waals surface area contributed by atoms with Gasteiger partial charge >= 0.3 is 11.9 Å². The van der Waals surface area contributed by atoms with E-state index in [0.29, 0.717) is 11.1 Å². The Morgan fingerprint density at radius 3 is 2.04 bits per heavy atom. The second-order valence-electron chi connectivity index (χ2n) is 6.04.